The lowest BCUT2D eigenvalue weighted by molar-refractivity contribution is 0.0697. The van der Waals surface area contributed by atoms with Crippen LogP contribution in [-0.4, -0.2) is 21.3 Å². The fourth-order valence-corrected chi connectivity index (χ4v) is 2.99. The molecule has 136 valence electrons. The van der Waals surface area contributed by atoms with Crippen LogP contribution in [0, 0.1) is 0 Å². The van der Waals surface area contributed by atoms with Crippen LogP contribution in [0.25, 0.3) is 35.2 Å². The average molecular weight is 366 g/mol. The van der Waals surface area contributed by atoms with E-state index in [2.05, 4.69) is 16.3 Å². The first-order valence-electron chi connectivity index (χ1n) is 8.92. The van der Waals surface area contributed by atoms with Crippen molar-refractivity contribution in [1.29, 1.82) is 0 Å². The summed E-state index contributed by atoms with van der Waals surface area (Å²) in [5, 5.41) is 17.6. The first-order chi connectivity index (χ1) is 13.7. The SMILES string of the molecule is O=C(O)c1cccc(/C=C/c2ccc3[nH]nc(/C=C/c4ccccc4)c3c2)c1. The molecular weight excluding hydrogens is 348 g/mol. The highest BCUT2D eigenvalue weighted by Gasteiger charge is 2.04. The van der Waals surface area contributed by atoms with Crippen molar-refractivity contribution < 1.29 is 9.90 Å². The number of carbonyl (C=O) groups is 1. The number of fused-ring (bicyclic) bond motifs is 1. The number of carboxylic acids is 1. The van der Waals surface area contributed by atoms with Crippen LogP contribution in [0.3, 0.4) is 0 Å². The van der Waals surface area contributed by atoms with Gasteiger partial charge in [-0.3, -0.25) is 5.10 Å². The lowest BCUT2D eigenvalue weighted by Crippen LogP contribution is -1.95. The zero-order valence-electron chi connectivity index (χ0n) is 15.0. The van der Waals surface area contributed by atoms with Gasteiger partial charge in [-0.15, -0.1) is 0 Å². The second-order valence-corrected chi connectivity index (χ2v) is 6.42. The molecule has 0 aliphatic heterocycles. The Bertz CT molecular complexity index is 1190. The Morgan fingerprint density at radius 3 is 2.29 bits per heavy atom. The Balaban J connectivity index is 1.61. The van der Waals surface area contributed by atoms with Crippen LogP contribution in [0.4, 0.5) is 0 Å². The maximum atomic E-state index is 11.1. The Morgan fingerprint density at radius 2 is 1.50 bits per heavy atom. The number of aromatic carboxylic acids is 1. The lowest BCUT2D eigenvalue weighted by Gasteiger charge is -1.98. The highest BCUT2D eigenvalue weighted by molar-refractivity contribution is 5.92. The molecule has 0 atom stereocenters. The number of aromatic nitrogens is 2. The minimum atomic E-state index is -0.926. The molecule has 0 aliphatic rings. The number of H-pyrrole nitrogens is 1. The summed E-state index contributed by atoms with van der Waals surface area (Å²) < 4.78 is 0. The number of hydrogen-bond acceptors (Lipinski definition) is 2. The van der Waals surface area contributed by atoms with Gasteiger partial charge in [-0.1, -0.05) is 66.8 Å². The molecule has 0 unspecified atom stereocenters. The molecule has 0 bridgehead atoms. The maximum absolute atomic E-state index is 11.1. The van der Waals surface area contributed by atoms with Crippen molar-refractivity contribution in [3.05, 3.63) is 101 Å². The van der Waals surface area contributed by atoms with Crippen molar-refractivity contribution in [2.24, 2.45) is 0 Å². The molecule has 4 rings (SSSR count). The predicted molar refractivity (Wildman–Crippen MR) is 114 cm³/mol. The summed E-state index contributed by atoms with van der Waals surface area (Å²) in [6.07, 6.45) is 7.92. The van der Waals surface area contributed by atoms with E-state index in [-0.39, 0.29) is 5.56 Å². The van der Waals surface area contributed by atoms with Crippen LogP contribution in [0.15, 0.2) is 72.8 Å². The topological polar surface area (TPSA) is 66.0 Å². The van der Waals surface area contributed by atoms with Crippen LogP contribution < -0.4 is 0 Å². The summed E-state index contributed by atoms with van der Waals surface area (Å²) in [5.41, 5.74) is 5.11. The molecule has 0 radical (unpaired) electrons. The van der Waals surface area contributed by atoms with Crippen LogP contribution in [0.2, 0.25) is 0 Å². The molecule has 1 aromatic heterocycles. The number of carboxylic acid groups (broad SMARTS) is 1. The molecule has 2 N–H and O–H groups in total. The van der Waals surface area contributed by atoms with Gasteiger partial charge in [-0.05, 0) is 47.0 Å². The van der Waals surface area contributed by atoms with Gasteiger partial charge in [0.25, 0.3) is 0 Å². The van der Waals surface area contributed by atoms with E-state index in [1.165, 1.54) is 0 Å². The second-order valence-electron chi connectivity index (χ2n) is 6.42. The highest BCUT2D eigenvalue weighted by Crippen LogP contribution is 2.21. The van der Waals surface area contributed by atoms with E-state index in [4.69, 9.17) is 5.11 Å². The van der Waals surface area contributed by atoms with E-state index in [9.17, 15) is 4.79 Å². The molecule has 0 spiro atoms. The Labute approximate surface area is 162 Å². The first-order valence-corrected chi connectivity index (χ1v) is 8.92. The van der Waals surface area contributed by atoms with Crippen molar-refractivity contribution in [3.63, 3.8) is 0 Å². The molecule has 28 heavy (non-hydrogen) atoms. The monoisotopic (exact) mass is 366 g/mol. The zero-order chi connectivity index (χ0) is 19.3. The number of rotatable bonds is 5. The van der Waals surface area contributed by atoms with E-state index >= 15 is 0 Å². The third kappa shape index (κ3) is 3.91. The number of aromatic amines is 1. The zero-order valence-corrected chi connectivity index (χ0v) is 15.0. The van der Waals surface area contributed by atoms with E-state index < -0.39 is 5.97 Å². The van der Waals surface area contributed by atoms with Gasteiger partial charge in [0.05, 0.1) is 16.8 Å². The molecule has 4 heteroatoms. The third-order valence-electron chi connectivity index (χ3n) is 4.45. The second kappa shape index (κ2) is 7.76. The number of nitrogens with zero attached hydrogens (tertiary/aromatic N) is 1. The Morgan fingerprint density at radius 1 is 0.786 bits per heavy atom. The largest absolute Gasteiger partial charge is 0.478 e. The summed E-state index contributed by atoms with van der Waals surface area (Å²) in [5.74, 6) is -0.926. The molecule has 3 aromatic carbocycles. The van der Waals surface area contributed by atoms with Gasteiger partial charge in [-0.2, -0.15) is 5.10 Å². The number of benzene rings is 3. The first kappa shape index (κ1) is 17.5. The van der Waals surface area contributed by atoms with E-state index in [1.807, 2.05) is 72.8 Å². The Hall–Kier alpha value is -3.92. The summed E-state index contributed by atoms with van der Waals surface area (Å²) in [6.45, 7) is 0. The maximum Gasteiger partial charge on any atom is 0.335 e. The van der Waals surface area contributed by atoms with E-state index in [1.54, 1.807) is 18.2 Å². The van der Waals surface area contributed by atoms with Gasteiger partial charge in [0.1, 0.15) is 0 Å². The van der Waals surface area contributed by atoms with Crippen molar-refractivity contribution in [3.8, 4) is 0 Å². The molecule has 4 aromatic rings. The van der Waals surface area contributed by atoms with Crippen LogP contribution in [-0.2, 0) is 0 Å². The highest BCUT2D eigenvalue weighted by atomic mass is 16.4. The summed E-state index contributed by atoms with van der Waals surface area (Å²) in [6, 6.07) is 23.0. The molecule has 0 saturated carbocycles. The van der Waals surface area contributed by atoms with Crippen LogP contribution >= 0.6 is 0 Å². The third-order valence-corrected chi connectivity index (χ3v) is 4.45. The predicted octanol–water partition coefficient (Wildman–Crippen LogP) is 5.60. The average Bonchev–Trinajstić information content (AvgIpc) is 3.14. The van der Waals surface area contributed by atoms with Crippen molar-refractivity contribution >= 4 is 41.2 Å². The molecule has 0 saturated heterocycles. The summed E-state index contributed by atoms with van der Waals surface area (Å²) >= 11 is 0. The van der Waals surface area contributed by atoms with Crippen LogP contribution in [0.5, 0.6) is 0 Å². The smallest absolute Gasteiger partial charge is 0.335 e. The van der Waals surface area contributed by atoms with Gasteiger partial charge in [0.2, 0.25) is 0 Å². The molecule has 0 fully saturated rings. The quantitative estimate of drug-likeness (QED) is 0.452. The van der Waals surface area contributed by atoms with Gasteiger partial charge < -0.3 is 5.11 Å². The minimum Gasteiger partial charge on any atom is -0.478 e. The standard InChI is InChI=1S/C24H18N2O2/c27-24(28)20-8-4-7-18(15-20)9-10-19-12-14-23-21(16-19)22(25-26-23)13-11-17-5-2-1-3-6-17/h1-16H,(H,25,26)(H,27,28)/b10-9+,13-11+. The van der Waals surface area contributed by atoms with Crippen LogP contribution in [0.1, 0.15) is 32.7 Å². The van der Waals surface area contributed by atoms with E-state index in [0.29, 0.717) is 0 Å². The number of hydrogen-bond donors (Lipinski definition) is 2. The van der Waals surface area contributed by atoms with Gasteiger partial charge in [-0.25, -0.2) is 4.79 Å². The summed E-state index contributed by atoms with van der Waals surface area (Å²) in [4.78, 5) is 11.1. The molecule has 0 aliphatic carbocycles. The normalized spacial score (nSPS) is 11.6. The van der Waals surface area contributed by atoms with Crippen molar-refractivity contribution in [1.82, 2.24) is 10.2 Å². The molecule has 4 nitrogen and oxygen atoms in total. The van der Waals surface area contributed by atoms with Crippen molar-refractivity contribution in [2.45, 2.75) is 0 Å². The van der Waals surface area contributed by atoms with Gasteiger partial charge in [0, 0.05) is 5.39 Å². The van der Waals surface area contributed by atoms with Gasteiger partial charge in [0.15, 0.2) is 0 Å². The summed E-state index contributed by atoms with van der Waals surface area (Å²) in [7, 11) is 0. The Kier molecular flexibility index (Phi) is 4.85. The minimum absolute atomic E-state index is 0.278. The molecule has 0 amide bonds. The van der Waals surface area contributed by atoms with Gasteiger partial charge >= 0.3 is 5.97 Å². The van der Waals surface area contributed by atoms with E-state index in [0.717, 1.165) is 33.3 Å². The fourth-order valence-electron chi connectivity index (χ4n) is 2.99. The molecule has 1 heterocycles. The number of nitrogens with one attached hydrogen (secondary N) is 1. The molecular formula is C24H18N2O2. The van der Waals surface area contributed by atoms with Crippen molar-refractivity contribution in [2.75, 3.05) is 0 Å². The fraction of sp³-hybridized carbons (Fsp3) is 0. The lowest BCUT2D eigenvalue weighted by atomic mass is 10.1.